The first-order chi connectivity index (χ1) is 6.25. The van der Waals surface area contributed by atoms with Gasteiger partial charge in [-0.15, -0.1) is 0 Å². The second-order valence-electron chi connectivity index (χ2n) is 2.45. The van der Waals surface area contributed by atoms with Crippen molar-refractivity contribution < 1.29 is 0 Å². The Morgan fingerprint density at radius 1 is 1.23 bits per heavy atom. The topological polar surface area (TPSA) is 61.5 Å². The van der Waals surface area contributed by atoms with Gasteiger partial charge in [0.25, 0.3) is 0 Å². The highest BCUT2D eigenvalue weighted by atomic mass is 16.1. The maximum atomic E-state index is 10.8. The van der Waals surface area contributed by atoms with E-state index in [0.29, 0.717) is 0 Å². The minimum atomic E-state index is -0.188. The number of nitrogens with one attached hydrogen (secondary N) is 2. The first kappa shape index (κ1) is 9.51. The third-order valence-electron chi connectivity index (χ3n) is 1.54. The number of rotatable bonds is 0. The molecule has 0 saturated carbocycles. The first-order valence-corrected chi connectivity index (χ1v) is 4.30. The molecule has 13 heavy (non-hydrogen) atoms. The van der Waals surface area contributed by atoms with E-state index in [2.05, 4.69) is 15.0 Å². The smallest absolute Gasteiger partial charge is 0.306 e. The molecule has 0 aromatic carbocycles. The summed E-state index contributed by atoms with van der Waals surface area (Å²) in [4.78, 5) is 20.1. The van der Waals surface area contributed by atoms with Gasteiger partial charge in [-0.1, -0.05) is 13.8 Å². The second kappa shape index (κ2) is 3.89. The van der Waals surface area contributed by atoms with Crippen molar-refractivity contribution in [1.29, 1.82) is 0 Å². The molecule has 0 saturated heterocycles. The number of H-pyrrole nitrogens is 2. The molecule has 2 aromatic rings. The molecule has 0 spiro atoms. The molecule has 2 aromatic heterocycles. The highest BCUT2D eigenvalue weighted by Gasteiger charge is 1.96. The van der Waals surface area contributed by atoms with E-state index >= 15 is 0 Å². The van der Waals surface area contributed by atoms with E-state index in [-0.39, 0.29) is 5.69 Å². The largest absolute Gasteiger partial charge is 0.323 e. The van der Waals surface area contributed by atoms with E-state index in [1.165, 1.54) is 0 Å². The Hall–Kier alpha value is -1.58. The molecular formula is C9H13N3O. The van der Waals surface area contributed by atoms with E-state index in [9.17, 15) is 4.79 Å². The van der Waals surface area contributed by atoms with Crippen LogP contribution in [0, 0.1) is 6.92 Å². The maximum absolute atomic E-state index is 10.8. The lowest BCUT2D eigenvalue weighted by Crippen LogP contribution is -1.99. The van der Waals surface area contributed by atoms with Gasteiger partial charge in [-0.25, -0.2) is 4.79 Å². The minimum Gasteiger partial charge on any atom is -0.306 e. The number of nitrogens with zero attached hydrogens (tertiary/aromatic N) is 1. The SMILES string of the molecule is CC.Cc1cc2[nH]c(=O)[nH]c2cn1. The van der Waals surface area contributed by atoms with Gasteiger partial charge in [-0.2, -0.15) is 0 Å². The maximum Gasteiger partial charge on any atom is 0.323 e. The summed E-state index contributed by atoms with van der Waals surface area (Å²) in [7, 11) is 0. The van der Waals surface area contributed by atoms with Crippen molar-refractivity contribution in [2.24, 2.45) is 0 Å². The number of imidazole rings is 1. The minimum absolute atomic E-state index is 0.188. The first-order valence-electron chi connectivity index (χ1n) is 4.30. The Morgan fingerprint density at radius 3 is 2.54 bits per heavy atom. The molecule has 0 aliphatic carbocycles. The van der Waals surface area contributed by atoms with Crippen molar-refractivity contribution in [1.82, 2.24) is 15.0 Å². The van der Waals surface area contributed by atoms with Gasteiger partial charge in [0, 0.05) is 5.69 Å². The van der Waals surface area contributed by atoms with E-state index in [0.717, 1.165) is 16.7 Å². The Labute approximate surface area is 76.0 Å². The van der Waals surface area contributed by atoms with Gasteiger partial charge in [0.2, 0.25) is 0 Å². The summed E-state index contributed by atoms with van der Waals surface area (Å²) < 4.78 is 0. The van der Waals surface area contributed by atoms with Crippen LogP contribution in [0.3, 0.4) is 0 Å². The van der Waals surface area contributed by atoms with Crippen LogP contribution >= 0.6 is 0 Å². The molecule has 0 atom stereocenters. The van der Waals surface area contributed by atoms with Crippen LogP contribution in [0.4, 0.5) is 0 Å². The average molecular weight is 179 g/mol. The van der Waals surface area contributed by atoms with Gasteiger partial charge in [0.05, 0.1) is 17.2 Å². The number of fused-ring (bicyclic) bond motifs is 1. The molecule has 0 amide bonds. The van der Waals surface area contributed by atoms with E-state index in [1.807, 2.05) is 26.8 Å². The van der Waals surface area contributed by atoms with Crippen molar-refractivity contribution in [3.63, 3.8) is 0 Å². The Kier molecular flexibility index (Phi) is 2.84. The summed E-state index contributed by atoms with van der Waals surface area (Å²) in [6, 6.07) is 1.83. The Bertz CT molecular complexity index is 441. The van der Waals surface area contributed by atoms with Crippen LogP contribution in [0.15, 0.2) is 17.1 Å². The lowest BCUT2D eigenvalue weighted by atomic mass is 10.3. The number of hydrogen-bond donors (Lipinski definition) is 2. The molecule has 4 heteroatoms. The zero-order valence-corrected chi connectivity index (χ0v) is 8.01. The van der Waals surface area contributed by atoms with Gasteiger partial charge < -0.3 is 9.97 Å². The quantitative estimate of drug-likeness (QED) is 0.645. The molecular weight excluding hydrogens is 166 g/mol. The molecule has 70 valence electrons. The van der Waals surface area contributed by atoms with Gasteiger partial charge in [0.1, 0.15) is 0 Å². The zero-order chi connectivity index (χ0) is 9.84. The number of hydrogen-bond acceptors (Lipinski definition) is 2. The lowest BCUT2D eigenvalue weighted by Gasteiger charge is -1.88. The fourth-order valence-corrected chi connectivity index (χ4v) is 1.04. The summed E-state index contributed by atoms with van der Waals surface area (Å²) in [5.41, 5.74) is 2.27. The number of aryl methyl sites for hydroxylation is 1. The number of aromatic nitrogens is 3. The summed E-state index contributed by atoms with van der Waals surface area (Å²) in [6.45, 7) is 5.88. The molecule has 0 unspecified atom stereocenters. The molecule has 0 fully saturated rings. The van der Waals surface area contributed by atoms with E-state index in [1.54, 1.807) is 6.20 Å². The van der Waals surface area contributed by atoms with Crippen LogP contribution in [0.1, 0.15) is 19.5 Å². The molecule has 0 radical (unpaired) electrons. The average Bonchev–Trinajstić information content (AvgIpc) is 2.48. The summed E-state index contributed by atoms with van der Waals surface area (Å²) in [5, 5.41) is 0. The Balaban J connectivity index is 0.000000396. The van der Waals surface area contributed by atoms with Crippen LogP contribution in [-0.2, 0) is 0 Å². The van der Waals surface area contributed by atoms with Crippen LogP contribution in [0.25, 0.3) is 11.0 Å². The monoisotopic (exact) mass is 179 g/mol. The number of aromatic amines is 2. The predicted molar refractivity (Wildman–Crippen MR) is 52.8 cm³/mol. The molecule has 2 heterocycles. The molecule has 4 nitrogen and oxygen atoms in total. The van der Waals surface area contributed by atoms with Crippen molar-refractivity contribution in [3.8, 4) is 0 Å². The van der Waals surface area contributed by atoms with Crippen molar-refractivity contribution in [2.75, 3.05) is 0 Å². The molecule has 2 rings (SSSR count). The van der Waals surface area contributed by atoms with Crippen LogP contribution < -0.4 is 5.69 Å². The summed E-state index contributed by atoms with van der Waals surface area (Å²) in [6.07, 6.45) is 1.64. The molecule has 0 aliphatic rings. The van der Waals surface area contributed by atoms with Crippen LogP contribution in [0.2, 0.25) is 0 Å². The van der Waals surface area contributed by atoms with Crippen LogP contribution in [0.5, 0.6) is 0 Å². The van der Waals surface area contributed by atoms with E-state index < -0.39 is 0 Å². The fraction of sp³-hybridized carbons (Fsp3) is 0.333. The number of pyridine rings is 1. The second-order valence-corrected chi connectivity index (χ2v) is 2.45. The Morgan fingerprint density at radius 2 is 1.85 bits per heavy atom. The highest BCUT2D eigenvalue weighted by molar-refractivity contribution is 5.73. The fourth-order valence-electron chi connectivity index (χ4n) is 1.04. The van der Waals surface area contributed by atoms with Gasteiger partial charge in [-0.3, -0.25) is 4.98 Å². The zero-order valence-electron chi connectivity index (χ0n) is 8.01. The third kappa shape index (κ3) is 1.96. The summed E-state index contributed by atoms with van der Waals surface area (Å²) in [5.74, 6) is 0. The normalized spacial score (nSPS) is 9.46. The van der Waals surface area contributed by atoms with Gasteiger partial charge in [-0.05, 0) is 13.0 Å². The van der Waals surface area contributed by atoms with Crippen molar-refractivity contribution in [2.45, 2.75) is 20.8 Å². The van der Waals surface area contributed by atoms with E-state index in [4.69, 9.17) is 0 Å². The molecule has 0 bridgehead atoms. The third-order valence-corrected chi connectivity index (χ3v) is 1.54. The van der Waals surface area contributed by atoms with Gasteiger partial charge in [0.15, 0.2) is 0 Å². The standard InChI is InChI=1S/C7H7N3O.C2H6/c1-4-2-5-6(3-8-4)10-7(11)9-5;1-2/h2-3H,1H3,(H2,9,10,11);1-2H3. The summed E-state index contributed by atoms with van der Waals surface area (Å²) >= 11 is 0. The van der Waals surface area contributed by atoms with Gasteiger partial charge >= 0.3 is 5.69 Å². The lowest BCUT2D eigenvalue weighted by molar-refractivity contribution is 1.21. The van der Waals surface area contributed by atoms with Crippen molar-refractivity contribution >= 4 is 11.0 Å². The molecule has 0 aliphatic heterocycles. The van der Waals surface area contributed by atoms with Crippen LogP contribution in [-0.4, -0.2) is 15.0 Å². The van der Waals surface area contributed by atoms with Crippen molar-refractivity contribution in [3.05, 3.63) is 28.4 Å². The predicted octanol–water partition coefficient (Wildman–Crippen LogP) is 1.59. The highest BCUT2D eigenvalue weighted by Crippen LogP contribution is 2.04. The molecule has 2 N–H and O–H groups in total.